The van der Waals surface area contributed by atoms with Crippen LogP contribution in [0, 0.1) is 6.92 Å². The number of benzene rings is 1. The quantitative estimate of drug-likeness (QED) is 0.832. The summed E-state index contributed by atoms with van der Waals surface area (Å²) in [5.74, 6) is 0.694. The molecule has 2 nitrogen and oxygen atoms in total. The number of phenolic OH excluding ortho intramolecular Hbond substituents is 1. The molecule has 0 spiro atoms. The molecule has 112 valence electrons. The number of hydrogen-bond acceptors (Lipinski definition) is 2. The van der Waals surface area contributed by atoms with Crippen LogP contribution in [0.5, 0.6) is 11.5 Å². The molecule has 1 N–H and O–H groups in total. The van der Waals surface area contributed by atoms with Crippen LogP contribution in [0.4, 0.5) is 4.39 Å². The van der Waals surface area contributed by atoms with E-state index in [0.29, 0.717) is 18.6 Å². The van der Waals surface area contributed by atoms with Crippen LogP contribution in [0.1, 0.15) is 50.2 Å². The molecule has 0 bridgehead atoms. The van der Waals surface area contributed by atoms with Crippen LogP contribution < -0.4 is 4.74 Å². The minimum absolute atomic E-state index is 0.145. The molecule has 2 rings (SSSR count). The van der Waals surface area contributed by atoms with Crippen LogP contribution in [-0.2, 0) is 5.41 Å². The Morgan fingerprint density at radius 3 is 2.55 bits per heavy atom. The van der Waals surface area contributed by atoms with Gasteiger partial charge in [0.2, 0.25) is 0 Å². The van der Waals surface area contributed by atoms with E-state index in [1.807, 2.05) is 6.92 Å². The normalized spacial score (nSPS) is 26.6. The summed E-state index contributed by atoms with van der Waals surface area (Å²) in [6.07, 6.45) is 2.89. The van der Waals surface area contributed by atoms with Gasteiger partial charge in [-0.05, 0) is 56.1 Å². The summed E-state index contributed by atoms with van der Waals surface area (Å²) in [6.45, 7) is 4.11. The maximum absolute atomic E-state index is 13.5. The van der Waals surface area contributed by atoms with Crippen molar-refractivity contribution in [3.63, 3.8) is 0 Å². The Kier molecular flexibility index (Phi) is 4.62. The number of aromatic hydroxyl groups is 1. The zero-order valence-corrected chi connectivity index (χ0v) is 13.9. The number of rotatable bonds is 3. The van der Waals surface area contributed by atoms with E-state index < -0.39 is 6.17 Å². The number of ether oxygens (including phenoxy) is 1. The van der Waals surface area contributed by atoms with Gasteiger partial charge < -0.3 is 9.84 Å². The maximum atomic E-state index is 13.5. The van der Waals surface area contributed by atoms with Gasteiger partial charge in [0.15, 0.2) is 11.5 Å². The zero-order valence-electron chi connectivity index (χ0n) is 12.3. The highest BCUT2D eigenvalue weighted by molar-refractivity contribution is 9.10. The summed E-state index contributed by atoms with van der Waals surface area (Å²) in [7, 11) is 1.55. The third kappa shape index (κ3) is 2.54. The summed E-state index contributed by atoms with van der Waals surface area (Å²) >= 11 is 3.54. The maximum Gasteiger partial charge on any atom is 0.161 e. The lowest BCUT2D eigenvalue weighted by Crippen LogP contribution is -2.32. The van der Waals surface area contributed by atoms with Gasteiger partial charge in [0.25, 0.3) is 0 Å². The highest BCUT2D eigenvalue weighted by atomic mass is 79.9. The summed E-state index contributed by atoms with van der Waals surface area (Å²) < 4.78 is 19.7. The van der Waals surface area contributed by atoms with Crippen molar-refractivity contribution in [3.05, 3.63) is 21.7 Å². The van der Waals surface area contributed by atoms with Gasteiger partial charge in [-0.25, -0.2) is 4.39 Å². The predicted octanol–water partition coefficient (Wildman–Crippen LogP) is 5.03. The van der Waals surface area contributed by atoms with E-state index in [9.17, 15) is 9.50 Å². The van der Waals surface area contributed by atoms with Gasteiger partial charge >= 0.3 is 0 Å². The second-order valence-corrected chi connectivity index (χ2v) is 6.57. The van der Waals surface area contributed by atoms with Gasteiger partial charge in [-0.3, -0.25) is 0 Å². The molecule has 1 saturated carbocycles. The fourth-order valence-electron chi connectivity index (χ4n) is 3.43. The molecule has 0 amide bonds. The molecule has 1 aromatic carbocycles. The summed E-state index contributed by atoms with van der Waals surface area (Å²) in [5, 5.41) is 10.6. The van der Waals surface area contributed by atoms with E-state index in [4.69, 9.17) is 4.74 Å². The van der Waals surface area contributed by atoms with Crippen LogP contribution in [0.3, 0.4) is 0 Å². The van der Waals surface area contributed by atoms with Gasteiger partial charge in [-0.2, -0.15) is 0 Å². The molecule has 0 atom stereocenters. The van der Waals surface area contributed by atoms with Crippen molar-refractivity contribution in [2.75, 3.05) is 7.11 Å². The first-order chi connectivity index (χ1) is 9.45. The molecule has 20 heavy (non-hydrogen) atoms. The number of hydrogen-bond donors (Lipinski definition) is 1. The average molecular weight is 345 g/mol. The van der Waals surface area contributed by atoms with Gasteiger partial charge in [0, 0.05) is 10.0 Å². The van der Waals surface area contributed by atoms with Crippen molar-refractivity contribution >= 4 is 15.9 Å². The topological polar surface area (TPSA) is 29.5 Å². The van der Waals surface area contributed by atoms with Crippen LogP contribution in [0.15, 0.2) is 10.5 Å². The number of alkyl halides is 1. The van der Waals surface area contributed by atoms with Crippen molar-refractivity contribution in [1.29, 1.82) is 0 Å². The predicted molar refractivity (Wildman–Crippen MR) is 82.4 cm³/mol. The lowest BCUT2D eigenvalue weighted by molar-refractivity contribution is 0.172. The van der Waals surface area contributed by atoms with Gasteiger partial charge in [-0.1, -0.05) is 22.9 Å². The van der Waals surface area contributed by atoms with Crippen molar-refractivity contribution < 1.29 is 14.2 Å². The Balaban J connectivity index is 2.57. The molecule has 1 aromatic rings. The molecule has 0 aromatic heterocycles. The standard InChI is InChI=1S/C16H22BrFO2/c1-4-16(7-5-11(18)6-8-16)14-10(2)12(17)9-13(20-3)15(14)19/h9,11,19H,4-8H2,1-3H3. The minimum Gasteiger partial charge on any atom is -0.504 e. The smallest absolute Gasteiger partial charge is 0.161 e. The third-order valence-electron chi connectivity index (χ3n) is 4.76. The van der Waals surface area contributed by atoms with E-state index in [-0.39, 0.29) is 11.2 Å². The van der Waals surface area contributed by atoms with Gasteiger partial charge in [0.1, 0.15) is 6.17 Å². The monoisotopic (exact) mass is 344 g/mol. The second-order valence-electron chi connectivity index (χ2n) is 5.72. The largest absolute Gasteiger partial charge is 0.504 e. The molecule has 0 heterocycles. The Morgan fingerprint density at radius 1 is 1.45 bits per heavy atom. The number of methoxy groups -OCH3 is 1. The lowest BCUT2D eigenvalue weighted by atomic mass is 9.66. The first kappa shape index (κ1) is 15.6. The van der Waals surface area contributed by atoms with Crippen LogP contribution in [0.2, 0.25) is 0 Å². The fourth-order valence-corrected chi connectivity index (χ4v) is 3.84. The van der Waals surface area contributed by atoms with Crippen molar-refractivity contribution in [2.24, 2.45) is 0 Å². The van der Waals surface area contributed by atoms with Gasteiger partial charge in [-0.15, -0.1) is 0 Å². The molecule has 1 aliphatic carbocycles. The van der Waals surface area contributed by atoms with E-state index in [1.54, 1.807) is 13.2 Å². The van der Waals surface area contributed by atoms with Crippen molar-refractivity contribution in [2.45, 2.75) is 57.5 Å². The fraction of sp³-hybridized carbons (Fsp3) is 0.625. The zero-order chi connectivity index (χ0) is 14.9. The molecule has 0 radical (unpaired) electrons. The van der Waals surface area contributed by atoms with Crippen molar-refractivity contribution in [1.82, 2.24) is 0 Å². The first-order valence-electron chi connectivity index (χ1n) is 7.15. The van der Waals surface area contributed by atoms with E-state index >= 15 is 0 Å². The highest BCUT2D eigenvalue weighted by Gasteiger charge is 2.39. The molecule has 1 fully saturated rings. The van der Waals surface area contributed by atoms with E-state index in [1.165, 1.54) is 0 Å². The molecule has 0 saturated heterocycles. The Bertz CT molecular complexity index is 494. The molecule has 4 heteroatoms. The molecular formula is C16H22BrFO2. The summed E-state index contributed by atoms with van der Waals surface area (Å²) in [4.78, 5) is 0. The molecule has 0 aliphatic heterocycles. The molecule has 1 aliphatic rings. The average Bonchev–Trinajstić information content (AvgIpc) is 2.45. The van der Waals surface area contributed by atoms with Crippen LogP contribution in [0.25, 0.3) is 0 Å². The minimum atomic E-state index is -0.703. The molecule has 0 unspecified atom stereocenters. The van der Waals surface area contributed by atoms with Crippen molar-refractivity contribution in [3.8, 4) is 11.5 Å². The van der Waals surface area contributed by atoms with Crippen LogP contribution >= 0.6 is 15.9 Å². The SMILES string of the molecule is CCC1(c2c(C)c(Br)cc(OC)c2O)CCC(F)CC1. The number of halogens is 2. The number of phenols is 1. The van der Waals surface area contributed by atoms with E-state index in [0.717, 1.165) is 34.9 Å². The summed E-state index contributed by atoms with van der Waals surface area (Å²) in [5.41, 5.74) is 1.81. The lowest BCUT2D eigenvalue weighted by Gasteiger charge is -2.40. The van der Waals surface area contributed by atoms with Crippen LogP contribution in [-0.4, -0.2) is 18.4 Å². The Hall–Kier alpha value is -0.770. The Morgan fingerprint density at radius 2 is 2.05 bits per heavy atom. The Labute approximate surface area is 128 Å². The van der Waals surface area contributed by atoms with E-state index in [2.05, 4.69) is 22.9 Å². The van der Waals surface area contributed by atoms with Gasteiger partial charge in [0.05, 0.1) is 7.11 Å². The summed E-state index contributed by atoms with van der Waals surface area (Å²) in [6, 6.07) is 1.79. The highest BCUT2D eigenvalue weighted by Crippen LogP contribution is 2.51. The first-order valence-corrected chi connectivity index (χ1v) is 7.95. The molecular weight excluding hydrogens is 323 g/mol. The third-order valence-corrected chi connectivity index (χ3v) is 5.58. The second kappa shape index (κ2) is 5.92.